The number of nitrogens with zero attached hydrogens (tertiary/aromatic N) is 2. The van der Waals surface area contributed by atoms with Gasteiger partial charge in [-0.05, 0) is 11.6 Å². The Morgan fingerprint density at radius 1 is 1.16 bits per heavy atom. The van der Waals surface area contributed by atoms with Crippen LogP contribution in [0.3, 0.4) is 0 Å². The molecule has 9 heteroatoms. The molecule has 0 aromatic heterocycles. The molecular formula is C16H12F3N3O3. The molecule has 0 atom stereocenters. The molecule has 0 unspecified atom stereocenters. The normalized spacial score (nSPS) is 11.5. The molecule has 2 rings (SSSR count). The van der Waals surface area contributed by atoms with Gasteiger partial charge in [-0.2, -0.15) is 18.3 Å². The summed E-state index contributed by atoms with van der Waals surface area (Å²) in [6.07, 6.45) is -3.72. The molecule has 0 radical (unpaired) electrons. The third kappa shape index (κ3) is 5.13. The van der Waals surface area contributed by atoms with Gasteiger partial charge in [0.25, 0.3) is 5.69 Å². The minimum atomic E-state index is -4.52. The second-order valence-electron chi connectivity index (χ2n) is 4.98. The highest BCUT2D eigenvalue weighted by atomic mass is 19.4. The lowest BCUT2D eigenvalue weighted by atomic mass is 10.1. The molecule has 0 aliphatic heterocycles. The van der Waals surface area contributed by atoms with E-state index in [1.807, 2.05) is 0 Å². The van der Waals surface area contributed by atoms with Crippen molar-refractivity contribution in [1.29, 1.82) is 0 Å². The number of benzene rings is 2. The highest BCUT2D eigenvalue weighted by Gasteiger charge is 2.32. The molecule has 2 aromatic rings. The molecule has 0 aliphatic carbocycles. The summed E-state index contributed by atoms with van der Waals surface area (Å²) in [5.74, 6) is -0.561. The van der Waals surface area contributed by atoms with Crippen molar-refractivity contribution < 1.29 is 22.9 Å². The third-order valence-electron chi connectivity index (χ3n) is 3.17. The lowest BCUT2D eigenvalue weighted by molar-refractivity contribution is -0.384. The summed E-state index contributed by atoms with van der Waals surface area (Å²) in [6, 6.07) is 10.2. The number of non-ortho nitro benzene ring substituents is 1. The summed E-state index contributed by atoms with van der Waals surface area (Å²) < 4.78 is 38.4. The van der Waals surface area contributed by atoms with Crippen molar-refractivity contribution in [1.82, 2.24) is 5.43 Å². The molecule has 1 N–H and O–H groups in total. The van der Waals surface area contributed by atoms with Gasteiger partial charge in [-0.3, -0.25) is 14.9 Å². The van der Waals surface area contributed by atoms with E-state index in [9.17, 15) is 28.1 Å². The number of hydrogen-bond acceptors (Lipinski definition) is 4. The summed E-state index contributed by atoms with van der Waals surface area (Å²) in [5.41, 5.74) is 1.49. The molecule has 130 valence electrons. The highest BCUT2D eigenvalue weighted by molar-refractivity contribution is 5.84. The number of amides is 1. The van der Waals surface area contributed by atoms with Gasteiger partial charge >= 0.3 is 6.18 Å². The lowest BCUT2D eigenvalue weighted by Crippen LogP contribution is -2.20. The van der Waals surface area contributed by atoms with E-state index in [2.05, 4.69) is 10.5 Å². The van der Waals surface area contributed by atoms with Crippen molar-refractivity contribution in [3.63, 3.8) is 0 Å². The van der Waals surface area contributed by atoms with Crippen LogP contribution in [-0.2, 0) is 17.4 Å². The van der Waals surface area contributed by atoms with Crippen LogP contribution >= 0.6 is 0 Å². The molecule has 0 fully saturated rings. The van der Waals surface area contributed by atoms with Crippen molar-refractivity contribution in [2.45, 2.75) is 12.6 Å². The maximum absolute atomic E-state index is 12.8. The minimum Gasteiger partial charge on any atom is -0.273 e. The average molecular weight is 351 g/mol. The van der Waals surface area contributed by atoms with E-state index < -0.39 is 22.6 Å². The maximum atomic E-state index is 12.8. The Kier molecular flexibility index (Phi) is 5.48. The second-order valence-corrected chi connectivity index (χ2v) is 4.98. The number of rotatable bonds is 5. The minimum absolute atomic E-state index is 0.106. The number of carbonyl (C=O) groups excluding carboxylic acids is 1. The molecule has 0 saturated carbocycles. The number of hydrogen-bond donors (Lipinski definition) is 1. The lowest BCUT2D eigenvalue weighted by Gasteiger charge is -2.09. The predicted molar refractivity (Wildman–Crippen MR) is 84.0 cm³/mol. The van der Waals surface area contributed by atoms with Crippen LogP contribution in [0.1, 0.15) is 16.7 Å². The number of nitro groups is 1. The molecule has 1 amide bonds. The second kappa shape index (κ2) is 7.56. The van der Waals surface area contributed by atoms with Crippen molar-refractivity contribution >= 4 is 17.8 Å². The topological polar surface area (TPSA) is 84.6 Å². The van der Waals surface area contributed by atoms with E-state index in [-0.39, 0.29) is 17.7 Å². The van der Waals surface area contributed by atoms with Crippen LogP contribution in [0.4, 0.5) is 18.9 Å². The fourth-order valence-corrected chi connectivity index (χ4v) is 2.00. The van der Waals surface area contributed by atoms with Crippen LogP contribution in [0.2, 0.25) is 0 Å². The van der Waals surface area contributed by atoms with Gasteiger partial charge in [-0.25, -0.2) is 5.43 Å². The van der Waals surface area contributed by atoms with Crippen molar-refractivity contribution in [3.8, 4) is 0 Å². The number of nitro benzene ring substituents is 1. The number of alkyl halides is 3. The summed E-state index contributed by atoms with van der Waals surface area (Å²) in [4.78, 5) is 21.7. The number of hydrazone groups is 1. The molecule has 0 saturated heterocycles. The summed E-state index contributed by atoms with van der Waals surface area (Å²) in [5, 5.41) is 14.1. The van der Waals surface area contributed by atoms with Crippen molar-refractivity contribution in [2.24, 2.45) is 5.10 Å². The third-order valence-corrected chi connectivity index (χ3v) is 3.17. The SMILES string of the molecule is O=C(Cc1ccc([N+](=O)[O-])cc1)N/N=C\c1ccccc1C(F)(F)F. The Bertz CT molecular complexity index is 802. The molecule has 0 aliphatic rings. The Morgan fingerprint density at radius 2 is 1.80 bits per heavy atom. The summed E-state index contributed by atoms with van der Waals surface area (Å²) >= 11 is 0. The number of nitrogens with one attached hydrogen (secondary N) is 1. The smallest absolute Gasteiger partial charge is 0.273 e. The first-order chi connectivity index (χ1) is 11.8. The van der Waals surface area contributed by atoms with Crippen LogP contribution in [0.25, 0.3) is 0 Å². The van der Waals surface area contributed by atoms with Crippen LogP contribution in [0.15, 0.2) is 53.6 Å². The van der Waals surface area contributed by atoms with E-state index in [0.29, 0.717) is 5.56 Å². The fraction of sp³-hybridized carbons (Fsp3) is 0.125. The van der Waals surface area contributed by atoms with Gasteiger partial charge in [0.2, 0.25) is 5.91 Å². The zero-order valence-electron chi connectivity index (χ0n) is 12.7. The molecule has 0 bridgehead atoms. The summed E-state index contributed by atoms with van der Waals surface area (Å²) in [6.45, 7) is 0. The van der Waals surface area contributed by atoms with E-state index in [1.54, 1.807) is 0 Å². The van der Waals surface area contributed by atoms with Gasteiger partial charge in [0.1, 0.15) is 0 Å². The Morgan fingerprint density at radius 3 is 2.40 bits per heavy atom. The van der Waals surface area contributed by atoms with Crippen LogP contribution in [-0.4, -0.2) is 17.0 Å². The van der Waals surface area contributed by atoms with Gasteiger partial charge < -0.3 is 0 Å². The van der Waals surface area contributed by atoms with Gasteiger partial charge in [0, 0.05) is 17.7 Å². The first kappa shape index (κ1) is 18.1. The van der Waals surface area contributed by atoms with Crippen LogP contribution in [0.5, 0.6) is 0 Å². The Labute approximate surface area is 140 Å². The zero-order valence-corrected chi connectivity index (χ0v) is 12.7. The van der Waals surface area contributed by atoms with E-state index in [0.717, 1.165) is 12.3 Å². The molecule has 25 heavy (non-hydrogen) atoms. The first-order valence-electron chi connectivity index (χ1n) is 6.99. The van der Waals surface area contributed by atoms with Crippen LogP contribution in [0, 0.1) is 10.1 Å². The quantitative estimate of drug-likeness (QED) is 0.509. The standard InChI is InChI=1S/C16H12F3N3O3/c17-16(18,19)14-4-2-1-3-12(14)10-20-21-15(23)9-11-5-7-13(8-6-11)22(24)25/h1-8,10H,9H2,(H,21,23)/b20-10-. The van der Waals surface area contributed by atoms with Crippen LogP contribution < -0.4 is 5.43 Å². The van der Waals surface area contributed by atoms with Gasteiger partial charge in [0.15, 0.2) is 0 Å². The highest BCUT2D eigenvalue weighted by Crippen LogP contribution is 2.31. The molecule has 0 spiro atoms. The average Bonchev–Trinajstić information content (AvgIpc) is 2.55. The maximum Gasteiger partial charge on any atom is 0.417 e. The monoisotopic (exact) mass is 351 g/mol. The van der Waals surface area contributed by atoms with E-state index >= 15 is 0 Å². The van der Waals surface area contributed by atoms with Gasteiger partial charge in [0.05, 0.1) is 23.1 Å². The van der Waals surface area contributed by atoms with Gasteiger partial charge in [-0.1, -0.05) is 30.3 Å². The molecule has 0 heterocycles. The molecular weight excluding hydrogens is 339 g/mol. The molecule has 2 aromatic carbocycles. The predicted octanol–water partition coefficient (Wildman–Crippen LogP) is 3.31. The Balaban J connectivity index is 1.98. The number of carbonyl (C=O) groups is 1. The first-order valence-corrected chi connectivity index (χ1v) is 6.99. The largest absolute Gasteiger partial charge is 0.417 e. The van der Waals surface area contributed by atoms with E-state index in [1.165, 1.54) is 42.5 Å². The fourth-order valence-electron chi connectivity index (χ4n) is 2.00. The Hall–Kier alpha value is -3.23. The van der Waals surface area contributed by atoms with Gasteiger partial charge in [-0.15, -0.1) is 0 Å². The number of halogens is 3. The van der Waals surface area contributed by atoms with Crippen molar-refractivity contribution in [2.75, 3.05) is 0 Å². The van der Waals surface area contributed by atoms with Crippen molar-refractivity contribution in [3.05, 3.63) is 75.3 Å². The summed E-state index contributed by atoms with van der Waals surface area (Å²) in [7, 11) is 0. The zero-order chi connectivity index (χ0) is 18.4. The van der Waals surface area contributed by atoms with E-state index in [4.69, 9.17) is 0 Å². The molecule has 6 nitrogen and oxygen atoms in total.